The highest BCUT2D eigenvalue weighted by molar-refractivity contribution is 5.29. The zero-order valence-corrected chi connectivity index (χ0v) is 11.2. The number of aromatic nitrogens is 3. The monoisotopic (exact) mass is 278 g/mol. The fraction of sp³-hybridized carbons (Fsp3) is 0.429. The first-order chi connectivity index (χ1) is 9.65. The molecule has 2 aromatic rings. The molecule has 0 amide bonds. The first-order valence-electron chi connectivity index (χ1n) is 6.65. The van der Waals surface area contributed by atoms with Crippen molar-refractivity contribution in [2.45, 2.75) is 38.9 Å². The molecule has 1 aliphatic heterocycles. The van der Waals surface area contributed by atoms with Crippen LogP contribution in [0.15, 0.2) is 24.3 Å². The minimum absolute atomic E-state index is 0.0683. The van der Waals surface area contributed by atoms with E-state index in [1.807, 2.05) is 0 Å². The largest absolute Gasteiger partial charge is 0.308 e. The van der Waals surface area contributed by atoms with Crippen LogP contribution in [0.2, 0.25) is 0 Å². The smallest absolute Gasteiger partial charge is 0.264 e. The van der Waals surface area contributed by atoms with Crippen molar-refractivity contribution >= 4 is 0 Å². The number of fused-ring (bicyclic) bond motifs is 1. The van der Waals surface area contributed by atoms with Gasteiger partial charge >= 0.3 is 0 Å². The summed E-state index contributed by atoms with van der Waals surface area (Å²) in [4.78, 5) is 0. The molecule has 1 atom stereocenters. The van der Waals surface area contributed by atoms with E-state index in [-0.39, 0.29) is 5.56 Å². The van der Waals surface area contributed by atoms with E-state index in [2.05, 4.69) is 22.6 Å². The van der Waals surface area contributed by atoms with Gasteiger partial charge in [-0.25, -0.2) is 13.5 Å². The van der Waals surface area contributed by atoms with E-state index in [0.29, 0.717) is 24.7 Å². The molecule has 1 aliphatic rings. The van der Waals surface area contributed by atoms with E-state index in [0.717, 1.165) is 17.8 Å². The first kappa shape index (κ1) is 13.2. The van der Waals surface area contributed by atoms with Crippen LogP contribution in [0.5, 0.6) is 0 Å². The van der Waals surface area contributed by atoms with E-state index < -0.39 is 6.43 Å². The Balaban J connectivity index is 1.91. The molecule has 106 valence electrons. The molecule has 0 radical (unpaired) electrons. The molecular weight excluding hydrogens is 262 g/mol. The number of hydrogen-bond acceptors (Lipinski definition) is 3. The Morgan fingerprint density at radius 3 is 3.00 bits per heavy atom. The summed E-state index contributed by atoms with van der Waals surface area (Å²) in [6.07, 6.45) is -1.65. The maximum Gasteiger partial charge on any atom is 0.264 e. The van der Waals surface area contributed by atoms with E-state index in [1.54, 1.807) is 22.9 Å². The molecule has 0 saturated heterocycles. The number of halogens is 2. The standard InChI is InChI=1S/C14H16F2N4/c1-9-6-13-12(7-17-9)18-19-20(13)8-10-4-2-3-5-11(10)14(15)16/h2-5,9,14,17H,6-8H2,1H3/t9-/m0/s1. The lowest BCUT2D eigenvalue weighted by molar-refractivity contribution is 0.150. The van der Waals surface area contributed by atoms with Gasteiger partial charge in [0.2, 0.25) is 0 Å². The van der Waals surface area contributed by atoms with Crippen molar-refractivity contribution in [2.24, 2.45) is 0 Å². The van der Waals surface area contributed by atoms with Gasteiger partial charge in [0.15, 0.2) is 0 Å². The highest BCUT2D eigenvalue weighted by Crippen LogP contribution is 2.24. The van der Waals surface area contributed by atoms with Crippen LogP contribution in [-0.4, -0.2) is 21.0 Å². The van der Waals surface area contributed by atoms with Crippen molar-refractivity contribution in [3.05, 3.63) is 46.8 Å². The van der Waals surface area contributed by atoms with Crippen LogP contribution in [0.25, 0.3) is 0 Å². The molecule has 1 aromatic heterocycles. The third kappa shape index (κ3) is 2.43. The molecule has 20 heavy (non-hydrogen) atoms. The summed E-state index contributed by atoms with van der Waals surface area (Å²) >= 11 is 0. The van der Waals surface area contributed by atoms with Gasteiger partial charge in [0.05, 0.1) is 17.9 Å². The third-order valence-electron chi connectivity index (χ3n) is 3.65. The normalized spacial score (nSPS) is 18.3. The summed E-state index contributed by atoms with van der Waals surface area (Å²) in [6.45, 7) is 3.12. The SMILES string of the molecule is C[C@H]1Cc2c(nnn2Cc2ccccc2C(F)F)CN1. The molecular formula is C14H16F2N4. The Hall–Kier alpha value is -1.82. The van der Waals surface area contributed by atoms with Crippen molar-refractivity contribution in [3.8, 4) is 0 Å². The second-order valence-electron chi connectivity index (χ2n) is 5.13. The molecule has 0 fully saturated rings. The van der Waals surface area contributed by atoms with Gasteiger partial charge in [0, 0.05) is 24.6 Å². The maximum atomic E-state index is 13.0. The molecule has 0 saturated carbocycles. The van der Waals surface area contributed by atoms with Gasteiger partial charge < -0.3 is 5.32 Å². The van der Waals surface area contributed by atoms with Gasteiger partial charge in [0.1, 0.15) is 0 Å². The number of rotatable bonds is 3. The molecule has 1 N–H and O–H groups in total. The van der Waals surface area contributed by atoms with Crippen LogP contribution in [-0.2, 0) is 19.5 Å². The lowest BCUT2D eigenvalue weighted by Gasteiger charge is -2.20. The van der Waals surface area contributed by atoms with Crippen LogP contribution in [0.4, 0.5) is 8.78 Å². The summed E-state index contributed by atoms with van der Waals surface area (Å²) in [5.41, 5.74) is 2.62. The molecule has 0 unspecified atom stereocenters. The van der Waals surface area contributed by atoms with Gasteiger partial charge in [-0.2, -0.15) is 0 Å². The average Bonchev–Trinajstić information content (AvgIpc) is 2.82. The Kier molecular flexibility index (Phi) is 3.48. The topological polar surface area (TPSA) is 42.7 Å². The van der Waals surface area contributed by atoms with Crippen LogP contribution in [0.1, 0.15) is 35.9 Å². The summed E-state index contributed by atoms with van der Waals surface area (Å²) in [6, 6.07) is 6.95. The summed E-state index contributed by atoms with van der Waals surface area (Å²) in [5.74, 6) is 0. The third-order valence-corrected chi connectivity index (χ3v) is 3.65. The van der Waals surface area contributed by atoms with Crippen molar-refractivity contribution in [2.75, 3.05) is 0 Å². The van der Waals surface area contributed by atoms with Gasteiger partial charge in [-0.1, -0.05) is 29.5 Å². The molecule has 0 aliphatic carbocycles. The number of nitrogens with one attached hydrogen (secondary N) is 1. The Labute approximate surface area is 115 Å². The number of hydrogen-bond donors (Lipinski definition) is 1. The zero-order valence-electron chi connectivity index (χ0n) is 11.2. The highest BCUT2D eigenvalue weighted by atomic mass is 19.3. The molecule has 6 heteroatoms. The molecule has 2 heterocycles. The second-order valence-corrected chi connectivity index (χ2v) is 5.13. The van der Waals surface area contributed by atoms with Crippen LogP contribution < -0.4 is 5.32 Å². The van der Waals surface area contributed by atoms with Gasteiger partial charge in [-0.15, -0.1) is 5.10 Å². The van der Waals surface area contributed by atoms with Gasteiger partial charge in [-0.05, 0) is 12.5 Å². The minimum Gasteiger partial charge on any atom is -0.308 e. The second kappa shape index (κ2) is 5.28. The minimum atomic E-state index is -2.47. The summed E-state index contributed by atoms with van der Waals surface area (Å²) in [7, 11) is 0. The lowest BCUT2D eigenvalue weighted by atomic mass is 10.1. The lowest BCUT2D eigenvalue weighted by Crippen LogP contribution is -2.33. The first-order valence-corrected chi connectivity index (χ1v) is 6.65. The van der Waals surface area contributed by atoms with E-state index in [4.69, 9.17) is 0 Å². The fourth-order valence-electron chi connectivity index (χ4n) is 2.54. The molecule has 1 aromatic carbocycles. The van der Waals surface area contributed by atoms with E-state index >= 15 is 0 Å². The fourth-order valence-corrected chi connectivity index (χ4v) is 2.54. The number of alkyl halides is 2. The number of nitrogens with zero attached hydrogens (tertiary/aromatic N) is 3. The predicted octanol–water partition coefficient (Wildman–Crippen LogP) is 2.30. The Morgan fingerprint density at radius 2 is 2.20 bits per heavy atom. The van der Waals surface area contributed by atoms with Crippen LogP contribution in [0.3, 0.4) is 0 Å². The van der Waals surface area contributed by atoms with Crippen molar-refractivity contribution in [3.63, 3.8) is 0 Å². The average molecular weight is 278 g/mol. The quantitative estimate of drug-likeness (QED) is 0.936. The van der Waals surface area contributed by atoms with Crippen molar-refractivity contribution in [1.82, 2.24) is 20.3 Å². The maximum absolute atomic E-state index is 13.0. The molecule has 4 nitrogen and oxygen atoms in total. The zero-order chi connectivity index (χ0) is 14.1. The van der Waals surface area contributed by atoms with Crippen molar-refractivity contribution in [1.29, 1.82) is 0 Å². The highest BCUT2D eigenvalue weighted by Gasteiger charge is 2.21. The number of benzene rings is 1. The van der Waals surface area contributed by atoms with Gasteiger partial charge in [0.25, 0.3) is 6.43 Å². The van der Waals surface area contributed by atoms with Crippen molar-refractivity contribution < 1.29 is 8.78 Å². The van der Waals surface area contributed by atoms with Gasteiger partial charge in [-0.3, -0.25) is 0 Å². The van der Waals surface area contributed by atoms with Crippen LogP contribution >= 0.6 is 0 Å². The van der Waals surface area contributed by atoms with E-state index in [9.17, 15) is 8.78 Å². The Bertz CT molecular complexity index is 609. The van der Waals surface area contributed by atoms with E-state index in [1.165, 1.54) is 6.07 Å². The molecule has 0 bridgehead atoms. The molecule has 0 spiro atoms. The summed E-state index contributed by atoms with van der Waals surface area (Å²) < 4.78 is 27.7. The summed E-state index contributed by atoms with van der Waals surface area (Å²) in [5, 5.41) is 11.5. The predicted molar refractivity (Wildman–Crippen MR) is 70.5 cm³/mol. The molecule has 3 rings (SSSR count). The van der Waals surface area contributed by atoms with Crippen LogP contribution in [0, 0.1) is 0 Å². The Morgan fingerprint density at radius 1 is 1.40 bits per heavy atom.